The summed E-state index contributed by atoms with van der Waals surface area (Å²) in [7, 11) is 1.56. The summed E-state index contributed by atoms with van der Waals surface area (Å²) in [5.74, 6) is -0.390. The van der Waals surface area contributed by atoms with Gasteiger partial charge < -0.3 is 15.2 Å². The van der Waals surface area contributed by atoms with Crippen molar-refractivity contribution >= 4 is 5.97 Å². The van der Waals surface area contributed by atoms with Crippen LogP contribution in [-0.2, 0) is 20.7 Å². The van der Waals surface area contributed by atoms with Crippen LogP contribution in [0.4, 0.5) is 0 Å². The van der Waals surface area contributed by atoms with Crippen LogP contribution < -0.4 is 5.73 Å². The van der Waals surface area contributed by atoms with Crippen LogP contribution in [0, 0.1) is 0 Å². The second-order valence-electron chi connectivity index (χ2n) is 4.00. The van der Waals surface area contributed by atoms with E-state index >= 15 is 0 Å². The second kappa shape index (κ2) is 7.04. The van der Waals surface area contributed by atoms with Crippen molar-refractivity contribution < 1.29 is 14.3 Å². The lowest BCUT2D eigenvalue weighted by atomic mass is 10.1. The van der Waals surface area contributed by atoms with E-state index in [2.05, 4.69) is 0 Å². The summed E-state index contributed by atoms with van der Waals surface area (Å²) >= 11 is 0. The number of carbonyl (C=O) groups excluding carboxylic acids is 1. The number of hydrogen-bond donors (Lipinski definition) is 1. The third-order valence-electron chi connectivity index (χ3n) is 2.32. The fourth-order valence-corrected chi connectivity index (χ4v) is 1.51. The number of benzene rings is 1. The molecular weight excluding hydrogens is 218 g/mol. The largest absolute Gasteiger partial charge is 0.459 e. The average Bonchev–Trinajstić information content (AvgIpc) is 2.30. The van der Waals surface area contributed by atoms with E-state index < -0.39 is 12.0 Å². The first-order valence-electron chi connectivity index (χ1n) is 5.62. The van der Waals surface area contributed by atoms with Gasteiger partial charge in [0.1, 0.15) is 12.1 Å². The molecule has 0 heterocycles. The Morgan fingerprint density at radius 1 is 1.35 bits per heavy atom. The third kappa shape index (κ3) is 4.97. The Hall–Kier alpha value is -1.39. The lowest BCUT2D eigenvalue weighted by molar-refractivity contribution is -0.152. The van der Waals surface area contributed by atoms with Gasteiger partial charge in [0.2, 0.25) is 0 Å². The van der Waals surface area contributed by atoms with E-state index in [0.717, 1.165) is 5.56 Å². The third-order valence-corrected chi connectivity index (χ3v) is 2.32. The van der Waals surface area contributed by atoms with Gasteiger partial charge in [0, 0.05) is 7.11 Å². The highest BCUT2D eigenvalue weighted by molar-refractivity contribution is 5.76. The molecule has 1 rings (SSSR count). The van der Waals surface area contributed by atoms with E-state index in [1.807, 2.05) is 30.3 Å². The molecule has 0 amide bonds. The molecule has 0 aliphatic carbocycles. The van der Waals surface area contributed by atoms with E-state index in [9.17, 15) is 4.79 Å². The number of hydrogen-bond acceptors (Lipinski definition) is 4. The van der Waals surface area contributed by atoms with Crippen LogP contribution in [0.3, 0.4) is 0 Å². The van der Waals surface area contributed by atoms with E-state index in [-0.39, 0.29) is 6.10 Å². The van der Waals surface area contributed by atoms with Gasteiger partial charge in [-0.2, -0.15) is 0 Å². The van der Waals surface area contributed by atoms with Crippen molar-refractivity contribution in [2.24, 2.45) is 5.73 Å². The molecule has 1 aromatic rings. The molecule has 0 aliphatic heterocycles. The van der Waals surface area contributed by atoms with Gasteiger partial charge in [0.25, 0.3) is 0 Å². The molecule has 0 spiro atoms. The van der Waals surface area contributed by atoms with Crippen molar-refractivity contribution in [2.75, 3.05) is 13.7 Å². The highest BCUT2D eigenvalue weighted by atomic mass is 16.6. The fraction of sp³-hybridized carbons (Fsp3) is 0.462. The minimum atomic E-state index is -0.628. The van der Waals surface area contributed by atoms with Crippen LogP contribution in [0.5, 0.6) is 0 Å². The molecule has 0 saturated heterocycles. The topological polar surface area (TPSA) is 61.5 Å². The van der Waals surface area contributed by atoms with Crippen molar-refractivity contribution in [3.05, 3.63) is 35.9 Å². The molecule has 0 radical (unpaired) electrons. The molecule has 0 aromatic heterocycles. The molecule has 0 fully saturated rings. The number of ether oxygens (including phenoxy) is 2. The van der Waals surface area contributed by atoms with Gasteiger partial charge in [-0.25, -0.2) is 0 Å². The highest BCUT2D eigenvalue weighted by Gasteiger charge is 2.18. The summed E-state index contributed by atoms with van der Waals surface area (Å²) in [5, 5.41) is 0. The van der Waals surface area contributed by atoms with Crippen molar-refractivity contribution in [1.29, 1.82) is 0 Å². The second-order valence-corrected chi connectivity index (χ2v) is 4.00. The Morgan fingerprint density at radius 3 is 2.59 bits per heavy atom. The summed E-state index contributed by atoms with van der Waals surface area (Å²) in [4.78, 5) is 11.6. The number of carbonyl (C=O) groups is 1. The van der Waals surface area contributed by atoms with Crippen LogP contribution in [0.25, 0.3) is 0 Å². The van der Waals surface area contributed by atoms with Gasteiger partial charge in [0.05, 0.1) is 6.61 Å². The SMILES string of the molecule is COCC(C)OC(=O)C(N)Cc1ccccc1. The zero-order valence-corrected chi connectivity index (χ0v) is 10.3. The van der Waals surface area contributed by atoms with E-state index in [1.54, 1.807) is 14.0 Å². The summed E-state index contributed by atoms with van der Waals surface area (Å²) < 4.78 is 10.0. The van der Waals surface area contributed by atoms with Crippen LogP contribution in [0.15, 0.2) is 30.3 Å². The minimum Gasteiger partial charge on any atom is -0.459 e. The molecule has 4 nitrogen and oxygen atoms in total. The molecule has 17 heavy (non-hydrogen) atoms. The van der Waals surface area contributed by atoms with Gasteiger partial charge in [-0.1, -0.05) is 30.3 Å². The molecule has 2 atom stereocenters. The normalized spacial score (nSPS) is 14.1. The molecule has 94 valence electrons. The molecular formula is C13H19NO3. The lowest BCUT2D eigenvalue weighted by Crippen LogP contribution is -2.37. The minimum absolute atomic E-state index is 0.269. The van der Waals surface area contributed by atoms with Crippen LogP contribution in [0.1, 0.15) is 12.5 Å². The predicted molar refractivity (Wildman–Crippen MR) is 65.6 cm³/mol. The van der Waals surface area contributed by atoms with Crippen molar-refractivity contribution in [3.8, 4) is 0 Å². The Bertz CT molecular complexity index is 340. The van der Waals surface area contributed by atoms with Crippen molar-refractivity contribution in [3.63, 3.8) is 0 Å². The Labute approximate surface area is 102 Å². The van der Waals surface area contributed by atoms with Gasteiger partial charge >= 0.3 is 5.97 Å². The number of methoxy groups -OCH3 is 1. The highest BCUT2D eigenvalue weighted by Crippen LogP contribution is 2.04. The number of rotatable bonds is 6. The van der Waals surface area contributed by atoms with Gasteiger partial charge in [-0.05, 0) is 18.9 Å². The van der Waals surface area contributed by atoms with E-state index in [4.69, 9.17) is 15.2 Å². The quantitative estimate of drug-likeness (QED) is 0.753. The maximum atomic E-state index is 11.6. The van der Waals surface area contributed by atoms with Crippen molar-refractivity contribution in [1.82, 2.24) is 0 Å². The zero-order chi connectivity index (χ0) is 12.7. The molecule has 0 aliphatic rings. The summed E-state index contributed by atoms with van der Waals surface area (Å²) in [6.07, 6.45) is 0.216. The number of nitrogens with two attached hydrogens (primary N) is 1. The maximum Gasteiger partial charge on any atom is 0.323 e. The summed E-state index contributed by atoms with van der Waals surface area (Å²) in [6.45, 7) is 2.15. The fourth-order valence-electron chi connectivity index (χ4n) is 1.51. The van der Waals surface area contributed by atoms with E-state index in [0.29, 0.717) is 13.0 Å². The Balaban J connectivity index is 2.42. The van der Waals surface area contributed by atoms with Crippen LogP contribution in [0.2, 0.25) is 0 Å². The van der Waals surface area contributed by atoms with Crippen LogP contribution >= 0.6 is 0 Å². The standard InChI is InChI=1S/C13H19NO3/c1-10(9-16-2)17-13(15)12(14)8-11-6-4-3-5-7-11/h3-7,10,12H,8-9,14H2,1-2H3. The summed E-state index contributed by atoms with van der Waals surface area (Å²) in [6, 6.07) is 9.00. The van der Waals surface area contributed by atoms with Gasteiger partial charge in [-0.15, -0.1) is 0 Å². The average molecular weight is 237 g/mol. The van der Waals surface area contributed by atoms with Crippen molar-refractivity contribution in [2.45, 2.75) is 25.5 Å². The first-order chi connectivity index (χ1) is 8.13. The van der Waals surface area contributed by atoms with Gasteiger partial charge in [-0.3, -0.25) is 4.79 Å². The molecule has 4 heteroatoms. The maximum absolute atomic E-state index is 11.6. The first kappa shape index (κ1) is 13.7. The Morgan fingerprint density at radius 2 is 2.00 bits per heavy atom. The molecule has 0 bridgehead atoms. The Kier molecular flexibility index (Phi) is 5.66. The lowest BCUT2D eigenvalue weighted by Gasteiger charge is -2.16. The molecule has 1 aromatic carbocycles. The van der Waals surface area contributed by atoms with E-state index in [1.165, 1.54) is 0 Å². The molecule has 2 N–H and O–H groups in total. The van der Waals surface area contributed by atoms with Crippen LogP contribution in [-0.4, -0.2) is 31.8 Å². The monoisotopic (exact) mass is 237 g/mol. The number of esters is 1. The predicted octanol–water partition coefficient (Wildman–Crippen LogP) is 1.13. The zero-order valence-electron chi connectivity index (χ0n) is 10.3. The molecule has 0 saturated carbocycles. The first-order valence-corrected chi connectivity index (χ1v) is 5.62. The smallest absolute Gasteiger partial charge is 0.323 e. The molecule has 2 unspecified atom stereocenters. The summed E-state index contributed by atoms with van der Waals surface area (Å²) in [5.41, 5.74) is 6.80. The van der Waals surface area contributed by atoms with Gasteiger partial charge in [0.15, 0.2) is 0 Å².